The first kappa shape index (κ1) is 25.5. The quantitative estimate of drug-likeness (QED) is 0.223. The zero-order valence-corrected chi connectivity index (χ0v) is 19.9. The molecule has 3 aromatic carbocycles. The fourth-order valence-corrected chi connectivity index (χ4v) is 3.07. The Balaban J connectivity index is 1.60. The summed E-state index contributed by atoms with van der Waals surface area (Å²) in [4.78, 5) is 22.8. The maximum absolute atomic E-state index is 12.3. The lowest BCUT2D eigenvalue weighted by Crippen LogP contribution is -2.33. The molecule has 0 aliphatic rings. The van der Waals surface area contributed by atoms with Gasteiger partial charge in [-0.3, -0.25) is 14.9 Å². The Kier molecular flexibility index (Phi) is 9.02. The molecule has 10 heteroatoms. The lowest BCUT2D eigenvalue weighted by atomic mass is 10.2. The molecule has 1 N–H and O–H groups in total. The summed E-state index contributed by atoms with van der Waals surface area (Å²) in [6.45, 7) is 4.12. The fraction of sp³-hybridized carbons (Fsp3) is 0.200. The van der Waals surface area contributed by atoms with E-state index in [1.807, 2.05) is 19.1 Å². The molecule has 0 bridgehead atoms. The van der Waals surface area contributed by atoms with Crippen molar-refractivity contribution in [1.29, 1.82) is 0 Å². The second-order valence-corrected chi connectivity index (χ2v) is 7.71. The normalized spacial score (nSPS) is 11.6. The first-order chi connectivity index (χ1) is 16.9. The Bertz CT molecular complexity index is 1200. The summed E-state index contributed by atoms with van der Waals surface area (Å²) in [5.74, 6) is 0.534. The van der Waals surface area contributed by atoms with Gasteiger partial charge in [0.25, 0.3) is 5.91 Å². The zero-order chi connectivity index (χ0) is 25.2. The second-order valence-electron chi connectivity index (χ2n) is 7.27. The van der Waals surface area contributed by atoms with Crippen molar-refractivity contribution in [3.63, 3.8) is 0 Å². The largest absolute Gasteiger partial charge is 0.490 e. The molecule has 0 saturated heterocycles. The van der Waals surface area contributed by atoms with Gasteiger partial charge in [0.15, 0.2) is 23.4 Å². The number of ether oxygens (including phenoxy) is 3. The number of hydrogen-bond donors (Lipinski definition) is 1. The van der Waals surface area contributed by atoms with Crippen LogP contribution in [0, 0.1) is 10.1 Å². The molecule has 0 heterocycles. The highest BCUT2D eigenvalue weighted by Gasteiger charge is 2.20. The summed E-state index contributed by atoms with van der Waals surface area (Å²) in [5, 5.41) is 15.7. The van der Waals surface area contributed by atoms with Crippen LogP contribution in [-0.2, 0) is 11.4 Å². The van der Waals surface area contributed by atoms with Crippen LogP contribution >= 0.6 is 11.6 Å². The van der Waals surface area contributed by atoms with Crippen molar-refractivity contribution in [2.45, 2.75) is 26.6 Å². The van der Waals surface area contributed by atoms with Gasteiger partial charge >= 0.3 is 5.69 Å². The summed E-state index contributed by atoms with van der Waals surface area (Å²) in [7, 11) is 0. The predicted molar refractivity (Wildman–Crippen MR) is 132 cm³/mol. The number of carbonyl (C=O) groups is 1. The third kappa shape index (κ3) is 7.44. The predicted octanol–water partition coefficient (Wildman–Crippen LogP) is 5.14. The number of nitro groups is 1. The molecule has 0 aromatic heterocycles. The molecule has 35 heavy (non-hydrogen) atoms. The SMILES string of the molecule is CCOc1cc(/C=N\NC(=O)[C@H](C)Oc2ccccc2[N+](=O)[O-])ccc1OCc1ccc(Cl)cc1. The Morgan fingerprint density at radius 3 is 2.54 bits per heavy atom. The Morgan fingerprint density at radius 1 is 1.09 bits per heavy atom. The van der Waals surface area contributed by atoms with E-state index in [0.717, 1.165) is 5.56 Å². The van der Waals surface area contributed by atoms with Gasteiger partial charge in [-0.15, -0.1) is 0 Å². The van der Waals surface area contributed by atoms with Gasteiger partial charge in [0, 0.05) is 11.1 Å². The number of hydrazone groups is 1. The topological polar surface area (TPSA) is 112 Å². The molecular weight excluding hydrogens is 474 g/mol. The first-order valence-corrected chi connectivity index (χ1v) is 11.1. The number of benzene rings is 3. The van der Waals surface area contributed by atoms with E-state index >= 15 is 0 Å². The van der Waals surface area contributed by atoms with E-state index in [1.54, 1.807) is 36.4 Å². The number of nitrogens with one attached hydrogen (secondary N) is 1. The van der Waals surface area contributed by atoms with Crippen LogP contribution in [0.2, 0.25) is 5.02 Å². The number of nitro benzene ring substituents is 1. The van der Waals surface area contributed by atoms with Crippen LogP contribution in [-0.4, -0.2) is 29.8 Å². The third-order valence-electron chi connectivity index (χ3n) is 4.70. The van der Waals surface area contributed by atoms with Gasteiger partial charge < -0.3 is 14.2 Å². The molecule has 3 aromatic rings. The van der Waals surface area contributed by atoms with Crippen molar-refractivity contribution in [2.24, 2.45) is 5.10 Å². The summed E-state index contributed by atoms with van der Waals surface area (Å²) in [5.41, 5.74) is 3.77. The highest BCUT2D eigenvalue weighted by Crippen LogP contribution is 2.29. The maximum Gasteiger partial charge on any atom is 0.310 e. The van der Waals surface area contributed by atoms with E-state index in [2.05, 4.69) is 10.5 Å². The number of para-hydroxylation sites is 2. The zero-order valence-electron chi connectivity index (χ0n) is 19.1. The summed E-state index contributed by atoms with van der Waals surface area (Å²) < 4.78 is 17.0. The van der Waals surface area contributed by atoms with Gasteiger partial charge in [-0.25, -0.2) is 5.43 Å². The molecule has 0 saturated carbocycles. The van der Waals surface area contributed by atoms with Crippen molar-refractivity contribution in [3.8, 4) is 17.2 Å². The third-order valence-corrected chi connectivity index (χ3v) is 4.95. The molecule has 182 valence electrons. The standard InChI is InChI=1S/C25H24ClN3O6/c1-3-33-24-14-19(10-13-23(24)34-16-18-8-11-20(26)12-9-18)15-27-28-25(30)17(2)35-22-7-5-4-6-21(22)29(31)32/h4-15,17H,3,16H2,1-2H3,(H,28,30)/b27-15-/t17-/m0/s1. The molecule has 1 amide bonds. The van der Waals surface area contributed by atoms with Crippen LogP contribution in [0.15, 0.2) is 71.8 Å². The van der Waals surface area contributed by atoms with Gasteiger partial charge in [0.05, 0.1) is 17.7 Å². The molecule has 0 fully saturated rings. The van der Waals surface area contributed by atoms with Crippen molar-refractivity contribution < 1.29 is 23.9 Å². The van der Waals surface area contributed by atoms with Crippen LogP contribution in [0.3, 0.4) is 0 Å². The van der Waals surface area contributed by atoms with Gasteiger partial charge in [0.1, 0.15) is 6.61 Å². The van der Waals surface area contributed by atoms with Crippen LogP contribution in [0.1, 0.15) is 25.0 Å². The van der Waals surface area contributed by atoms with Crippen LogP contribution < -0.4 is 19.6 Å². The fourth-order valence-electron chi connectivity index (χ4n) is 2.95. The summed E-state index contributed by atoms with van der Waals surface area (Å²) in [6.07, 6.45) is 0.442. The Labute approximate surface area is 207 Å². The molecule has 0 spiro atoms. The van der Waals surface area contributed by atoms with Gasteiger partial charge in [-0.05, 0) is 61.4 Å². The average molecular weight is 498 g/mol. The van der Waals surface area contributed by atoms with Gasteiger partial charge in [-0.1, -0.05) is 35.9 Å². The van der Waals surface area contributed by atoms with Gasteiger partial charge in [0.2, 0.25) is 0 Å². The maximum atomic E-state index is 12.3. The van der Waals surface area contributed by atoms with Gasteiger partial charge in [-0.2, -0.15) is 5.10 Å². The Hall–Kier alpha value is -4.11. The first-order valence-electron chi connectivity index (χ1n) is 10.7. The summed E-state index contributed by atoms with van der Waals surface area (Å²) in [6, 6.07) is 18.5. The van der Waals surface area contributed by atoms with E-state index in [4.69, 9.17) is 25.8 Å². The highest BCUT2D eigenvalue weighted by atomic mass is 35.5. The van der Waals surface area contributed by atoms with Crippen molar-refractivity contribution >= 4 is 29.4 Å². The number of rotatable bonds is 11. The highest BCUT2D eigenvalue weighted by molar-refractivity contribution is 6.30. The monoisotopic (exact) mass is 497 g/mol. The molecular formula is C25H24ClN3O6. The lowest BCUT2D eigenvalue weighted by Gasteiger charge is -2.13. The van der Waals surface area contributed by atoms with Crippen molar-refractivity contribution in [2.75, 3.05) is 6.61 Å². The molecule has 0 radical (unpaired) electrons. The van der Waals surface area contributed by atoms with Crippen LogP contribution in [0.4, 0.5) is 5.69 Å². The molecule has 1 atom stereocenters. The molecule has 0 unspecified atom stereocenters. The van der Waals surface area contributed by atoms with E-state index < -0.39 is 16.9 Å². The lowest BCUT2D eigenvalue weighted by molar-refractivity contribution is -0.386. The molecule has 3 rings (SSSR count). The molecule has 0 aliphatic carbocycles. The summed E-state index contributed by atoms with van der Waals surface area (Å²) >= 11 is 5.91. The minimum atomic E-state index is -1.00. The second kappa shape index (κ2) is 12.4. The minimum Gasteiger partial charge on any atom is -0.490 e. The number of hydrogen-bond acceptors (Lipinski definition) is 7. The van der Waals surface area contributed by atoms with E-state index in [-0.39, 0.29) is 11.4 Å². The van der Waals surface area contributed by atoms with Crippen LogP contribution in [0.25, 0.3) is 0 Å². The molecule has 0 aliphatic heterocycles. The van der Waals surface area contributed by atoms with Crippen molar-refractivity contribution in [3.05, 3.63) is 93.0 Å². The van der Waals surface area contributed by atoms with E-state index in [1.165, 1.54) is 31.3 Å². The minimum absolute atomic E-state index is 0.000301. The molecule has 9 nitrogen and oxygen atoms in total. The Morgan fingerprint density at radius 2 is 1.83 bits per heavy atom. The number of nitrogens with zero attached hydrogens (tertiary/aromatic N) is 2. The average Bonchev–Trinajstić information content (AvgIpc) is 2.85. The number of amides is 1. The van der Waals surface area contributed by atoms with E-state index in [9.17, 15) is 14.9 Å². The smallest absolute Gasteiger partial charge is 0.310 e. The number of carbonyl (C=O) groups excluding carboxylic acids is 1. The number of halogens is 1. The van der Waals surface area contributed by atoms with Crippen molar-refractivity contribution in [1.82, 2.24) is 5.43 Å². The van der Waals surface area contributed by atoms with E-state index in [0.29, 0.717) is 35.3 Å². The van der Waals surface area contributed by atoms with Crippen LogP contribution in [0.5, 0.6) is 17.2 Å².